The zero-order valence-corrected chi connectivity index (χ0v) is 9.42. The molecule has 4 heteroatoms. The molecule has 0 amide bonds. The second-order valence-electron chi connectivity index (χ2n) is 4.31. The quantitative estimate of drug-likeness (QED) is 0.584. The Balaban J connectivity index is 2.07. The van der Waals surface area contributed by atoms with Crippen LogP contribution in [-0.2, 0) is 4.79 Å². The largest absolute Gasteiger partial charge is 0.420 e. The summed E-state index contributed by atoms with van der Waals surface area (Å²) in [5.74, 6) is -3.00. The number of halogens is 2. The van der Waals surface area contributed by atoms with Crippen LogP contribution in [0.15, 0.2) is 18.2 Å². The fourth-order valence-corrected chi connectivity index (χ4v) is 2.10. The molecular formula is C13H14F2O2. The number of ether oxygens (including phenoxy) is 1. The number of carbonyl (C=O) groups excluding carboxylic acids is 1. The van der Waals surface area contributed by atoms with E-state index in [4.69, 9.17) is 4.74 Å². The van der Waals surface area contributed by atoms with Crippen molar-refractivity contribution in [3.8, 4) is 5.75 Å². The third kappa shape index (κ3) is 2.81. The first kappa shape index (κ1) is 12.0. The number of esters is 1. The van der Waals surface area contributed by atoms with Crippen molar-refractivity contribution in [3.63, 3.8) is 0 Å². The lowest BCUT2D eigenvalue weighted by molar-refractivity contribution is -0.140. The number of hydrogen-bond acceptors (Lipinski definition) is 2. The molecule has 0 spiro atoms. The average molecular weight is 240 g/mol. The predicted octanol–water partition coefficient (Wildman–Crippen LogP) is 3.45. The number of carbonyl (C=O) groups is 1. The molecule has 0 bridgehead atoms. The molecule has 2 rings (SSSR count). The third-order valence-corrected chi connectivity index (χ3v) is 3.06. The van der Waals surface area contributed by atoms with E-state index in [1.807, 2.05) is 0 Å². The number of hydrogen-bond donors (Lipinski definition) is 0. The molecule has 1 aliphatic rings. The van der Waals surface area contributed by atoms with Crippen LogP contribution in [0, 0.1) is 17.6 Å². The van der Waals surface area contributed by atoms with Crippen molar-refractivity contribution in [1.82, 2.24) is 0 Å². The van der Waals surface area contributed by atoms with Crippen molar-refractivity contribution in [3.05, 3.63) is 29.8 Å². The maximum Gasteiger partial charge on any atom is 0.314 e. The molecule has 17 heavy (non-hydrogen) atoms. The summed E-state index contributed by atoms with van der Waals surface area (Å²) in [7, 11) is 0. The molecule has 0 aliphatic heterocycles. The summed E-state index contributed by atoms with van der Waals surface area (Å²) in [4.78, 5) is 11.7. The summed E-state index contributed by atoms with van der Waals surface area (Å²) < 4.78 is 31.3. The van der Waals surface area contributed by atoms with Gasteiger partial charge in [0.05, 0.1) is 5.92 Å². The van der Waals surface area contributed by atoms with Crippen molar-refractivity contribution in [2.45, 2.75) is 32.1 Å². The second-order valence-corrected chi connectivity index (χ2v) is 4.31. The van der Waals surface area contributed by atoms with Gasteiger partial charge in [0.25, 0.3) is 0 Å². The summed E-state index contributed by atoms with van der Waals surface area (Å²) in [6, 6.07) is 3.39. The lowest BCUT2D eigenvalue weighted by Gasteiger charge is -2.19. The molecule has 1 aromatic rings. The molecule has 0 radical (unpaired) electrons. The van der Waals surface area contributed by atoms with Gasteiger partial charge in [0.2, 0.25) is 5.75 Å². The minimum absolute atomic E-state index is 0.220. The maximum absolute atomic E-state index is 13.3. The standard InChI is InChI=1S/C13H14F2O2/c14-10-7-4-8-11(15)12(10)17-13(16)9-5-2-1-3-6-9/h4,7-9H,1-3,5-6H2. The average Bonchev–Trinajstić information content (AvgIpc) is 2.35. The summed E-state index contributed by atoms with van der Waals surface area (Å²) in [6.07, 6.45) is 4.54. The molecule has 0 heterocycles. The van der Waals surface area contributed by atoms with Gasteiger partial charge in [-0.05, 0) is 25.0 Å². The number of benzene rings is 1. The third-order valence-electron chi connectivity index (χ3n) is 3.06. The first-order valence-corrected chi connectivity index (χ1v) is 5.84. The van der Waals surface area contributed by atoms with Crippen LogP contribution in [0.4, 0.5) is 8.78 Å². The molecule has 0 atom stereocenters. The summed E-state index contributed by atoms with van der Waals surface area (Å²) >= 11 is 0. The Morgan fingerprint density at radius 3 is 2.29 bits per heavy atom. The molecule has 92 valence electrons. The monoisotopic (exact) mass is 240 g/mol. The van der Waals surface area contributed by atoms with Crippen molar-refractivity contribution < 1.29 is 18.3 Å². The van der Waals surface area contributed by atoms with E-state index >= 15 is 0 Å². The van der Waals surface area contributed by atoms with E-state index in [0.29, 0.717) is 0 Å². The molecule has 1 aliphatic carbocycles. The normalized spacial score (nSPS) is 16.8. The zero-order valence-electron chi connectivity index (χ0n) is 9.42. The Morgan fingerprint density at radius 1 is 1.12 bits per heavy atom. The van der Waals surface area contributed by atoms with Gasteiger partial charge in [-0.3, -0.25) is 4.79 Å². The van der Waals surface area contributed by atoms with E-state index < -0.39 is 23.4 Å². The van der Waals surface area contributed by atoms with Crippen molar-refractivity contribution in [1.29, 1.82) is 0 Å². The SMILES string of the molecule is O=C(Oc1c(F)cccc1F)C1CCCCC1. The Hall–Kier alpha value is -1.45. The fraction of sp³-hybridized carbons (Fsp3) is 0.462. The highest BCUT2D eigenvalue weighted by molar-refractivity contribution is 5.75. The minimum atomic E-state index is -0.839. The Morgan fingerprint density at radius 2 is 1.71 bits per heavy atom. The molecule has 0 N–H and O–H groups in total. The summed E-state index contributed by atoms with van der Waals surface area (Å²) in [6.45, 7) is 0. The van der Waals surface area contributed by atoms with E-state index in [1.54, 1.807) is 0 Å². The number of para-hydroxylation sites is 1. The van der Waals surface area contributed by atoms with Crippen LogP contribution in [-0.4, -0.2) is 5.97 Å². The lowest BCUT2D eigenvalue weighted by Crippen LogP contribution is -2.23. The Bertz CT molecular complexity index is 392. The smallest absolute Gasteiger partial charge is 0.314 e. The van der Waals surface area contributed by atoms with Crippen LogP contribution < -0.4 is 4.74 Å². The van der Waals surface area contributed by atoms with Gasteiger partial charge in [0, 0.05) is 0 Å². The van der Waals surface area contributed by atoms with E-state index in [1.165, 1.54) is 6.07 Å². The second kappa shape index (κ2) is 5.25. The van der Waals surface area contributed by atoms with Crippen molar-refractivity contribution in [2.24, 2.45) is 5.92 Å². The van der Waals surface area contributed by atoms with E-state index in [9.17, 15) is 13.6 Å². The summed E-state index contributed by atoms with van der Waals surface area (Å²) in [5, 5.41) is 0. The molecular weight excluding hydrogens is 226 g/mol. The molecule has 1 saturated carbocycles. The van der Waals surface area contributed by atoms with E-state index in [2.05, 4.69) is 0 Å². The van der Waals surface area contributed by atoms with E-state index in [-0.39, 0.29) is 5.92 Å². The molecule has 0 aromatic heterocycles. The zero-order chi connectivity index (χ0) is 12.3. The topological polar surface area (TPSA) is 26.3 Å². The lowest BCUT2D eigenvalue weighted by atomic mass is 9.89. The molecule has 0 unspecified atom stereocenters. The number of rotatable bonds is 2. The van der Waals surface area contributed by atoms with Crippen LogP contribution in [0.1, 0.15) is 32.1 Å². The minimum Gasteiger partial charge on any atom is -0.420 e. The predicted molar refractivity (Wildman–Crippen MR) is 58.6 cm³/mol. The van der Waals surface area contributed by atoms with Gasteiger partial charge in [-0.2, -0.15) is 0 Å². The first-order valence-electron chi connectivity index (χ1n) is 5.84. The van der Waals surface area contributed by atoms with Gasteiger partial charge in [-0.25, -0.2) is 8.78 Å². The highest BCUT2D eigenvalue weighted by atomic mass is 19.1. The van der Waals surface area contributed by atoms with Crippen LogP contribution in [0.2, 0.25) is 0 Å². The molecule has 0 saturated heterocycles. The molecule has 1 fully saturated rings. The van der Waals surface area contributed by atoms with Crippen LogP contribution in [0.5, 0.6) is 5.75 Å². The van der Waals surface area contributed by atoms with E-state index in [0.717, 1.165) is 44.2 Å². The first-order chi connectivity index (χ1) is 8.18. The van der Waals surface area contributed by atoms with Crippen molar-refractivity contribution in [2.75, 3.05) is 0 Å². The van der Waals surface area contributed by atoms with Gasteiger partial charge < -0.3 is 4.74 Å². The van der Waals surface area contributed by atoms with Gasteiger partial charge in [0.1, 0.15) is 0 Å². The molecule has 1 aromatic carbocycles. The highest BCUT2D eigenvalue weighted by Gasteiger charge is 2.25. The van der Waals surface area contributed by atoms with Crippen LogP contribution in [0.3, 0.4) is 0 Å². The highest BCUT2D eigenvalue weighted by Crippen LogP contribution is 2.27. The summed E-state index contributed by atoms with van der Waals surface area (Å²) in [5.41, 5.74) is 0. The van der Waals surface area contributed by atoms with Gasteiger partial charge in [-0.15, -0.1) is 0 Å². The van der Waals surface area contributed by atoms with Gasteiger partial charge in [-0.1, -0.05) is 25.3 Å². The van der Waals surface area contributed by atoms with Crippen LogP contribution in [0.25, 0.3) is 0 Å². The van der Waals surface area contributed by atoms with Gasteiger partial charge in [0.15, 0.2) is 11.6 Å². The Labute approximate surface area is 98.6 Å². The molecule has 2 nitrogen and oxygen atoms in total. The van der Waals surface area contributed by atoms with Gasteiger partial charge >= 0.3 is 5.97 Å². The fourth-order valence-electron chi connectivity index (χ4n) is 2.10. The van der Waals surface area contributed by atoms with Crippen molar-refractivity contribution >= 4 is 5.97 Å². The maximum atomic E-state index is 13.3. The Kier molecular flexibility index (Phi) is 3.71. The van der Waals surface area contributed by atoms with Crippen LogP contribution >= 0.6 is 0 Å².